The molecule has 160 valence electrons. The molecule has 1 amide bonds. The first-order chi connectivity index (χ1) is 14.3. The Hall–Kier alpha value is -2.45. The number of amides is 1. The van der Waals surface area contributed by atoms with Crippen LogP contribution in [0.4, 0.5) is 10.1 Å². The number of para-hydroxylation sites is 1. The van der Waals surface area contributed by atoms with E-state index >= 15 is 0 Å². The molecule has 0 N–H and O–H groups in total. The Labute approximate surface area is 176 Å². The third kappa shape index (κ3) is 3.58. The van der Waals surface area contributed by atoms with Gasteiger partial charge in [0.05, 0.1) is 13.0 Å². The fourth-order valence-electron chi connectivity index (χ4n) is 4.45. The van der Waals surface area contributed by atoms with Crippen molar-refractivity contribution in [3.05, 3.63) is 53.8 Å². The number of carbonyl (C=O) groups is 1. The second-order valence-electron chi connectivity index (χ2n) is 7.89. The van der Waals surface area contributed by atoms with Crippen molar-refractivity contribution in [2.24, 2.45) is 5.92 Å². The molecule has 2 aliphatic heterocycles. The molecular formula is C22H25FN2O4S. The molecule has 0 bridgehead atoms. The molecule has 0 aliphatic carbocycles. The molecule has 30 heavy (non-hydrogen) atoms. The van der Waals surface area contributed by atoms with E-state index in [0.29, 0.717) is 12.8 Å². The van der Waals surface area contributed by atoms with Crippen molar-refractivity contribution < 1.29 is 22.3 Å². The summed E-state index contributed by atoms with van der Waals surface area (Å²) in [5.74, 6) is -1.06. The van der Waals surface area contributed by atoms with Gasteiger partial charge in [0.1, 0.15) is 16.5 Å². The number of rotatable bonds is 4. The number of hydrogen-bond acceptors (Lipinski definition) is 4. The van der Waals surface area contributed by atoms with Gasteiger partial charge < -0.3 is 9.64 Å². The lowest BCUT2D eigenvalue weighted by Crippen LogP contribution is -2.48. The molecule has 2 aliphatic rings. The van der Waals surface area contributed by atoms with Crippen molar-refractivity contribution in [1.82, 2.24) is 4.31 Å². The summed E-state index contributed by atoms with van der Waals surface area (Å²) >= 11 is 0. The lowest BCUT2D eigenvalue weighted by molar-refractivity contribution is -0.123. The number of carbonyl (C=O) groups excluding carboxylic acids is 1. The second kappa shape index (κ2) is 8.00. The van der Waals surface area contributed by atoms with E-state index in [-0.39, 0.29) is 35.7 Å². The average Bonchev–Trinajstić information content (AvgIpc) is 3.09. The van der Waals surface area contributed by atoms with E-state index in [2.05, 4.69) is 0 Å². The molecule has 2 aromatic carbocycles. The van der Waals surface area contributed by atoms with Gasteiger partial charge in [0.15, 0.2) is 0 Å². The number of halogens is 1. The van der Waals surface area contributed by atoms with Crippen LogP contribution in [0.15, 0.2) is 47.4 Å². The van der Waals surface area contributed by atoms with Crippen LogP contribution in [0.1, 0.15) is 25.3 Å². The van der Waals surface area contributed by atoms with Crippen molar-refractivity contribution >= 4 is 21.6 Å². The second-order valence-corrected chi connectivity index (χ2v) is 9.79. The van der Waals surface area contributed by atoms with E-state index < -0.39 is 21.8 Å². The van der Waals surface area contributed by atoms with Crippen LogP contribution in [-0.2, 0) is 21.2 Å². The van der Waals surface area contributed by atoms with Crippen LogP contribution >= 0.6 is 0 Å². The minimum Gasteiger partial charge on any atom is -0.495 e. The van der Waals surface area contributed by atoms with E-state index in [1.807, 2.05) is 31.2 Å². The van der Waals surface area contributed by atoms with E-state index in [0.717, 1.165) is 29.8 Å². The standard InChI is InChI=1S/C22H25FN2O4S/c1-15-12-16-6-3-4-8-19(16)25(15)22(26)17-7-5-11-24(14-17)30(27,28)21-13-18(23)9-10-20(21)29-2/h3-4,6,8-10,13,15,17H,5,7,11-12,14H2,1-2H3/t15-,17-/m0/s1. The monoisotopic (exact) mass is 432 g/mol. The number of methoxy groups -OCH3 is 1. The molecule has 0 unspecified atom stereocenters. The van der Waals surface area contributed by atoms with E-state index in [4.69, 9.17) is 4.74 Å². The summed E-state index contributed by atoms with van der Waals surface area (Å²) < 4.78 is 46.6. The Morgan fingerprint density at radius 1 is 1.20 bits per heavy atom. The zero-order valence-electron chi connectivity index (χ0n) is 17.0. The highest BCUT2D eigenvalue weighted by molar-refractivity contribution is 7.89. The normalized spacial score (nSPS) is 22.0. The maximum atomic E-state index is 13.8. The Morgan fingerprint density at radius 3 is 2.73 bits per heavy atom. The molecule has 6 nitrogen and oxygen atoms in total. The zero-order valence-corrected chi connectivity index (χ0v) is 17.9. The summed E-state index contributed by atoms with van der Waals surface area (Å²) in [6, 6.07) is 11.3. The molecule has 2 atom stereocenters. The minimum atomic E-state index is -3.99. The Balaban J connectivity index is 1.60. The SMILES string of the molecule is COc1ccc(F)cc1S(=O)(=O)N1CCC[C@H](C(=O)N2c3ccccc3C[C@@H]2C)C1. The number of ether oxygens (including phenoxy) is 1. The molecule has 2 heterocycles. The predicted octanol–water partition coefficient (Wildman–Crippen LogP) is 3.21. The van der Waals surface area contributed by atoms with Gasteiger partial charge in [-0.3, -0.25) is 4.79 Å². The third-order valence-corrected chi connectivity index (χ3v) is 7.81. The first-order valence-corrected chi connectivity index (χ1v) is 11.5. The molecule has 1 saturated heterocycles. The highest BCUT2D eigenvalue weighted by Crippen LogP contribution is 2.36. The smallest absolute Gasteiger partial charge is 0.246 e. The Kier molecular flexibility index (Phi) is 5.55. The van der Waals surface area contributed by atoms with Gasteiger partial charge in [-0.25, -0.2) is 12.8 Å². The average molecular weight is 433 g/mol. The molecule has 4 rings (SSSR count). The van der Waals surface area contributed by atoms with Crippen molar-refractivity contribution in [2.75, 3.05) is 25.1 Å². The van der Waals surface area contributed by atoms with Crippen LogP contribution in [-0.4, -0.2) is 44.9 Å². The fourth-order valence-corrected chi connectivity index (χ4v) is 6.14. The molecule has 0 saturated carbocycles. The number of sulfonamides is 1. The molecule has 0 spiro atoms. The number of anilines is 1. The highest BCUT2D eigenvalue weighted by atomic mass is 32.2. The van der Waals surface area contributed by atoms with Crippen LogP contribution in [0.3, 0.4) is 0 Å². The van der Waals surface area contributed by atoms with E-state index in [9.17, 15) is 17.6 Å². The molecule has 0 aromatic heterocycles. The molecule has 2 aromatic rings. The Morgan fingerprint density at radius 2 is 1.97 bits per heavy atom. The number of benzene rings is 2. The minimum absolute atomic E-state index is 0.0326. The van der Waals surface area contributed by atoms with Gasteiger partial charge >= 0.3 is 0 Å². The van der Waals surface area contributed by atoms with Crippen LogP contribution in [0, 0.1) is 11.7 Å². The topological polar surface area (TPSA) is 66.9 Å². The lowest BCUT2D eigenvalue weighted by Gasteiger charge is -2.34. The summed E-state index contributed by atoms with van der Waals surface area (Å²) in [6.07, 6.45) is 1.98. The van der Waals surface area contributed by atoms with Gasteiger partial charge in [0, 0.05) is 24.8 Å². The summed E-state index contributed by atoms with van der Waals surface area (Å²) in [7, 11) is -2.65. The maximum Gasteiger partial charge on any atom is 0.246 e. The zero-order chi connectivity index (χ0) is 21.5. The van der Waals surface area contributed by atoms with Gasteiger partial charge in [0.2, 0.25) is 15.9 Å². The van der Waals surface area contributed by atoms with Gasteiger partial charge in [-0.2, -0.15) is 4.31 Å². The molecule has 8 heteroatoms. The summed E-state index contributed by atoms with van der Waals surface area (Å²) in [5.41, 5.74) is 2.03. The summed E-state index contributed by atoms with van der Waals surface area (Å²) in [5, 5.41) is 0. The first kappa shape index (κ1) is 20.8. The van der Waals surface area contributed by atoms with Crippen LogP contribution in [0.2, 0.25) is 0 Å². The highest BCUT2D eigenvalue weighted by Gasteiger charge is 2.39. The van der Waals surface area contributed by atoms with E-state index in [1.165, 1.54) is 17.5 Å². The predicted molar refractivity (Wildman–Crippen MR) is 112 cm³/mol. The number of fused-ring (bicyclic) bond motifs is 1. The third-order valence-electron chi connectivity index (χ3n) is 5.92. The molecular weight excluding hydrogens is 407 g/mol. The summed E-state index contributed by atoms with van der Waals surface area (Å²) in [6.45, 7) is 2.37. The number of piperidine rings is 1. The van der Waals surface area contributed by atoms with Crippen LogP contribution in [0.5, 0.6) is 5.75 Å². The van der Waals surface area contributed by atoms with E-state index in [1.54, 1.807) is 4.90 Å². The number of hydrogen-bond donors (Lipinski definition) is 0. The lowest BCUT2D eigenvalue weighted by atomic mass is 9.97. The first-order valence-electron chi connectivity index (χ1n) is 10.1. The summed E-state index contributed by atoms with van der Waals surface area (Å²) in [4.78, 5) is 15.0. The maximum absolute atomic E-state index is 13.8. The Bertz CT molecular complexity index is 1070. The van der Waals surface area contributed by atoms with Crippen molar-refractivity contribution in [3.8, 4) is 5.75 Å². The van der Waals surface area contributed by atoms with Crippen LogP contribution in [0.25, 0.3) is 0 Å². The quantitative estimate of drug-likeness (QED) is 0.744. The van der Waals surface area contributed by atoms with Crippen molar-refractivity contribution in [1.29, 1.82) is 0 Å². The molecule has 1 fully saturated rings. The van der Waals surface area contributed by atoms with Crippen molar-refractivity contribution in [3.63, 3.8) is 0 Å². The van der Waals surface area contributed by atoms with Gasteiger partial charge in [-0.15, -0.1) is 0 Å². The van der Waals surface area contributed by atoms with Gasteiger partial charge in [-0.05, 0) is 56.0 Å². The largest absolute Gasteiger partial charge is 0.495 e. The van der Waals surface area contributed by atoms with Gasteiger partial charge in [0.25, 0.3) is 0 Å². The van der Waals surface area contributed by atoms with Gasteiger partial charge in [-0.1, -0.05) is 18.2 Å². The number of nitrogens with zero attached hydrogens (tertiary/aromatic N) is 2. The molecule has 0 radical (unpaired) electrons. The fraction of sp³-hybridized carbons (Fsp3) is 0.409. The van der Waals surface area contributed by atoms with Crippen molar-refractivity contribution in [2.45, 2.75) is 37.1 Å². The van der Waals surface area contributed by atoms with Crippen LogP contribution < -0.4 is 9.64 Å².